The van der Waals surface area contributed by atoms with E-state index in [9.17, 15) is 14.4 Å². The molecular formula is C70H128O6. The summed E-state index contributed by atoms with van der Waals surface area (Å²) in [5, 5.41) is 0. The molecule has 0 spiro atoms. The third kappa shape index (κ3) is 62.2. The first-order chi connectivity index (χ1) is 37.5. The van der Waals surface area contributed by atoms with Crippen LogP contribution >= 0.6 is 0 Å². The van der Waals surface area contributed by atoms with Crippen LogP contribution in [-0.2, 0) is 28.6 Å². The van der Waals surface area contributed by atoms with Crippen molar-refractivity contribution in [3.05, 3.63) is 48.6 Å². The molecule has 0 bridgehead atoms. The molecule has 0 rings (SSSR count). The van der Waals surface area contributed by atoms with Crippen molar-refractivity contribution in [2.24, 2.45) is 0 Å². The van der Waals surface area contributed by atoms with Gasteiger partial charge in [-0.05, 0) is 83.5 Å². The van der Waals surface area contributed by atoms with Crippen molar-refractivity contribution in [1.29, 1.82) is 0 Å². The molecular weight excluding hydrogens is 937 g/mol. The Morgan fingerprint density at radius 2 is 0.474 bits per heavy atom. The third-order valence-electron chi connectivity index (χ3n) is 15.1. The van der Waals surface area contributed by atoms with Gasteiger partial charge in [-0.3, -0.25) is 14.4 Å². The molecule has 0 aliphatic rings. The Hall–Kier alpha value is -2.63. The number of unbranched alkanes of at least 4 members (excludes halogenated alkanes) is 43. The van der Waals surface area contributed by atoms with Gasteiger partial charge in [-0.15, -0.1) is 0 Å². The minimum absolute atomic E-state index is 0.0707. The third-order valence-corrected chi connectivity index (χ3v) is 15.1. The van der Waals surface area contributed by atoms with Gasteiger partial charge in [-0.2, -0.15) is 0 Å². The number of rotatable bonds is 62. The van der Waals surface area contributed by atoms with E-state index in [1.165, 1.54) is 250 Å². The number of hydrogen-bond donors (Lipinski definition) is 0. The van der Waals surface area contributed by atoms with Gasteiger partial charge < -0.3 is 14.2 Å². The zero-order valence-corrected chi connectivity index (χ0v) is 51.0. The molecule has 0 heterocycles. The monoisotopic (exact) mass is 1060 g/mol. The molecule has 0 aliphatic heterocycles. The van der Waals surface area contributed by atoms with E-state index in [4.69, 9.17) is 14.2 Å². The molecule has 0 N–H and O–H groups in total. The zero-order valence-electron chi connectivity index (χ0n) is 51.0. The summed E-state index contributed by atoms with van der Waals surface area (Å²) in [5.74, 6) is -0.853. The number of hydrogen-bond acceptors (Lipinski definition) is 6. The van der Waals surface area contributed by atoms with Crippen molar-refractivity contribution in [3.8, 4) is 0 Å². The van der Waals surface area contributed by atoms with E-state index in [1.54, 1.807) is 0 Å². The van der Waals surface area contributed by atoms with E-state index in [2.05, 4.69) is 69.4 Å². The highest BCUT2D eigenvalue weighted by atomic mass is 16.6. The van der Waals surface area contributed by atoms with Crippen LogP contribution in [0.4, 0.5) is 0 Å². The molecule has 444 valence electrons. The first-order valence-electron chi connectivity index (χ1n) is 33.6. The number of ether oxygens (including phenoxy) is 3. The largest absolute Gasteiger partial charge is 0.462 e. The van der Waals surface area contributed by atoms with Gasteiger partial charge in [0.25, 0.3) is 0 Å². The Kier molecular flexibility index (Phi) is 62.6. The van der Waals surface area contributed by atoms with Crippen LogP contribution in [-0.4, -0.2) is 37.2 Å². The lowest BCUT2D eigenvalue weighted by Crippen LogP contribution is -2.30. The predicted molar refractivity (Wildman–Crippen MR) is 330 cm³/mol. The first kappa shape index (κ1) is 73.4. The molecule has 0 amide bonds. The number of esters is 3. The van der Waals surface area contributed by atoms with E-state index in [0.29, 0.717) is 19.3 Å². The molecule has 0 saturated carbocycles. The predicted octanol–water partition coefficient (Wildman–Crippen LogP) is 22.9. The summed E-state index contributed by atoms with van der Waals surface area (Å²) < 4.78 is 17.0. The minimum atomic E-state index is -0.774. The van der Waals surface area contributed by atoms with Crippen LogP contribution in [0.15, 0.2) is 48.6 Å². The summed E-state index contributed by atoms with van der Waals surface area (Å²) in [6.07, 6.45) is 81.2. The first-order valence-corrected chi connectivity index (χ1v) is 33.6. The number of carbonyl (C=O) groups is 3. The fraction of sp³-hybridized carbons (Fsp3) is 0.843. The van der Waals surface area contributed by atoms with E-state index >= 15 is 0 Å². The summed E-state index contributed by atoms with van der Waals surface area (Å²) in [6.45, 7) is 6.67. The van der Waals surface area contributed by atoms with E-state index in [1.807, 2.05) is 0 Å². The topological polar surface area (TPSA) is 78.9 Å². The highest BCUT2D eigenvalue weighted by Gasteiger charge is 2.19. The zero-order chi connectivity index (χ0) is 55.0. The molecule has 0 aromatic carbocycles. The maximum absolute atomic E-state index is 12.9. The van der Waals surface area contributed by atoms with Gasteiger partial charge in [0.1, 0.15) is 13.2 Å². The van der Waals surface area contributed by atoms with E-state index < -0.39 is 6.10 Å². The molecule has 1 atom stereocenters. The molecule has 6 nitrogen and oxygen atoms in total. The van der Waals surface area contributed by atoms with Crippen LogP contribution in [0.25, 0.3) is 0 Å². The standard InChI is InChI=1S/C70H128O6/c1-4-7-10-13-16-19-22-25-27-29-31-33-34-35-36-38-39-41-43-45-48-51-54-57-60-63-69(72)75-66-67(65-74-68(71)62-59-56-53-50-47-24-21-18-15-12-9-6-3)76-70(73)64-61-58-55-52-49-46-44-42-40-37-32-30-28-26-23-20-17-14-11-8-5-2/h22-23,25-26,29-32,67H,4-21,24,27-28,33-66H2,1-3H3/b25-22-,26-23-,31-29-,32-30-. The summed E-state index contributed by atoms with van der Waals surface area (Å²) in [4.78, 5) is 38.3. The Morgan fingerprint density at radius 3 is 0.724 bits per heavy atom. The number of allylic oxidation sites excluding steroid dienone is 8. The molecule has 6 heteroatoms. The van der Waals surface area contributed by atoms with Crippen LogP contribution < -0.4 is 0 Å². The summed E-state index contributed by atoms with van der Waals surface area (Å²) in [7, 11) is 0. The molecule has 1 unspecified atom stereocenters. The highest BCUT2D eigenvalue weighted by Crippen LogP contribution is 2.17. The SMILES string of the molecule is CCCCCCC/C=C\C/C=C\CCCCCCCCCCCCCCCC(=O)OCC(COC(=O)CCCCCCCCCCCCCC)OC(=O)CCCCCCCCCCC/C=C\C/C=C\CCCCCCC. The van der Waals surface area contributed by atoms with Crippen LogP contribution in [0.1, 0.15) is 361 Å². The van der Waals surface area contributed by atoms with Crippen molar-refractivity contribution in [1.82, 2.24) is 0 Å². The van der Waals surface area contributed by atoms with Crippen LogP contribution in [0.2, 0.25) is 0 Å². The van der Waals surface area contributed by atoms with Gasteiger partial charge in [-0.1, -0.05) is 307 Å². The summed E-state index contributed by atoms with van der Waals surface area (Å²) in [6, 6.07) is 0. The lowest BCUT2D eigenvalue weighted by atomic mass is 10.0. The van der Waals surface area contributed by atoms with Crippen molar-refractivity contribution in [2.45, 2.75) is 367 Å². The van der Waals surface area contributed by atoms with Crippen LogP contribution in [0.5, 0.6) is 0 Å². The Morgan fingerprint density at radius 1 is 0.263 bits per heavy atom. The summed E-state index contributed by atoms with van der Waals surface area (Å²) in [5.41, 5.74) is 0. The van der Waals surface area contributed by atoms with Gasteiger partial charge in [-0.25, -0.2) is 0 Å². The average molecular weight is 1070 g/mol. The smallest absolute Gasteiger partial charge is 0.306 e. The maximum atomic E-state index is 12.9. The molecule has 0 radical (unpaired) electrons. The van der Waals surface area contributed by atoms with Gasteiger partial charge in [0.2, 0.25) is 0 Å². The second-order valence-corrected chi connectivity index (χ2v) is 22.7. The highest BCUT2D eigenvalue weighted by molar-refractivity contribution is 5.71. The Bertz CT molecular complexity index is 1310. The normalized spacial score (nSPS) is 12.3. The average Bonchev–Trinajstić information content (AvgIpc) is 3.42. The van der Waals surface area contributed by atoms with Crippen LogP contribution in [0.3, 0.4) is 0 Å². The Labute approximate surface area is 473 Å². The lowest BCUT2D eigenvalue weighted by molar-refractivity contribution is -0.167. The molecule has 0 aromatic rings. The molecule has 76 heavy (non-hydrogen) atoms. The van der Waals surface area contributed by atoms with E-state index in [-0.39, 0.29) is 31.1 Å². The van der Waals surface area contributed by atoms with Crippen LogP contribution in [0, 0.1) is 0 Å². The quantitative estimate of drug-likeness (QED) is 0.0261. The molecule has 0 saturated heterocycles. The second kappa shape index (κ2) is 64.9. The lowest BCUT2D eigenvalue weighted by Gasteiger charge is -2.18. The van der Waals surface area contributed by atoms with E-state index in [0.717, 1.165) is 70.6 Å². The molecule has 0 aliphatic carbocycles. The van der Waals surface area contributed by atoms with Gasteiger partial charge in [0.05, 0.1) is 0 Å². The van der Waals surface area contributed by atoms with Crippen molar-refractivity contribution in [3.63, 3.8) is 0 Å². The fourth-order valence-electron chi connectivity index (χ4n) is 9.98. The van der Waals surface area contributed by atoms with Crippen molar-refractivity contribution < 1.29 is 28.6 Å². The fourth-order valence-corrected chi connectivity index (χ4v) is 9.98. The van der Waals surface area contributed by atoms with Gasteiger partial charge >= 0.3 is 17.9 Å². The Balaban J connectivity index is 4.25. The minimum Gasteiger partial charge on any atom is -0.462 e. The van der Waals surface area contributed by atoms with Gasteiger partial charge in [0.15, 0.2) is 6.10 Å². The second-order valence-electron chi connectivity index (χ2n) is 22.7. The summed E-state index contributed by atoms with van der Waals surface area (Å²) >= 11 is 0. The maximum Gasteiger partial charge on any atom is 0.306 e. The van der Waals surface area contributed by atoms with Crippen molar-refractivity contribution in [2.75, 3.05) is 13.2 Å². The molecule has 0 fully saturated rings. The van der Waals surface area contributed by atoms with Gasteiger partial charge in [0, 0.05) is 19.3 Å². The van der Waals surface area contributed by atoms with Crippen molar-refractivity contribution >= 4 is 17.9 Å². The molecule has 0 aromatic heterocycles. The number of carbonyl (C=O) groups excluding carboxylic acids is 3.